The summed E-state index contributed by atoms with van der Waals surface area (Å²) in [6.45, 7) is 0. The molecule has 2 bridgehead atoms. The Hall–Kier alpha value is -2.60. The van der Waals surface area contributed by atoms with E-state index in [2.05, 4.69) is 32.6 Å². The first-order valence-corrected chi connectivity index (χ1v) is 8.38. The van der Waals surface area contributed by atoms with Crippen molar-refractivity contribution >= 4 is 22.4 Å². The minimum atomic E-state index is 0.323. The zero-order valence-corrected chi connectivity index (χ0v) is 13.2. The average molecular weight is 321 g/mol. The van der Waals surface area contributed by atoms with E-state index in [1.165, 1.54) is 6.42 Å². The number of hydrogen-bond acceptors (Lipinski definition) is 5. The molecule has 2 fully saturated rings. The van der Waals surface area contributed by atoms with Gasteiger partial charge in [0.2, 0.25) is 0 Å². The van der Waals surface area contributed by atoms with E-state index < -0.39 is 0 Å². The first-order valence-electron chi connectivity index (χ1n) is 8.38. The lowest BCUT2D eigenvalue weighted by Gasteiger charge is -2.22. The molecule has 3 aromatic rings. The first kappa shape index (κ1) is 13.8. The molecule has 0 spiro atoms. The predicted octanol–water partition coefficient (Wildman–Crippen LogP) is 2.94. The minimum Gasteiger partial charge on any atom is -0.384 e. The molecule has 0 unspecified atom stereocenters. The minimum absolute atomic E-state index is 0.323. The number of nitrogens with zero attached hydrogens (tertiary/aromatic N) is 2. The molecule has 2 saturated heterocycles. The number of rotatable bonds is 3. The van der Waals surface area contributed by atoms with Crippen LogP contribution in [0.3, 0.4) is 0 Å². The lowest BCUT2D eigenvalue weighted by atomic mass is 9.95. The van der Waals surface area contributed by atoms with Crippen LogP contribution in [0.15, 0.2) is 36.5 Å². The molecule has 0 amide bonds. The molecule has 0 saturated carbocycles. The van der Waals surface area contributed by atoms with Crippen LogP contribution in [0.2, 0.25) is 0 Å². The number of nitrogens with one attached hydrogen (secondary N) is 2. The monoisotopic (exact) mass is 321 g/mol. The van der Waals surface area contributed by atoms with Gasteiger partial charge in [-0.1, -0.05) is 12.1 Å². The van der Waals surface area contributed by atoms with Gasteiger partial charge in [0.1, 0.15) is 5.82 Å². The van der Waals surface area contributed by atoms with Gasteiger partial charge < -0.3 is 15.8 Å². The predicted molar refractivity (Wildman–Crippen MR) is 93.7 cm³/mol. The highest BCUT2D eigenvalue weighted by Gasteiger charge is 2.40. The van der Waals surface area contributed by atoms with E-state index in [0.29, 0.717) is 24.1 Å². The Bertz CT molecular complexity index is 892. The fourth-order valence-corrected chi connectivity index (χ4v) is 3.94. The van der Waals surface area contributed by atoms with Crippen molar-refractivity contribution in [2.75, 3.05) is 11.1 Å². The highest BCUT2D eigenvalue weighted by Crippen LogP contribution is 2.37. The lowest BCUT2D eigenvalue weighted by Crippen LogP contribution is -2.30. The summed E-state index contributed by atoms with van der Waals surface area (Å²) in [6.07, 6.45) is 5.89. The van der Waals surface area contributed by atoms with Gasteiger partial charge in [0.05, 0.1) is 29.5 Å². The number of nitrogen functional groups attached to an aromatic ring is 1. The molecule has 6 heteroatoms. The molecule has 0 radical (unpaired) electrons. The average Bonchev–Trinajstić information content (AvgIpc) is 3.32. The molecule has 2 aromatic heterocycles. The topological polar surface area (TPSA) is 88.9 Å². The zero-order chi connectivity index (χ0) is 16.1. The third-order valence-electron chi connectivity index (χ3n) is 5.09. The summed E-state index contributed by atoms with van der Waals surface area (Å²) in [5.41, 5.74) is 9.98. The Morgan fingerprint density at radius 3 is 2.92 bits per heavy atom. The summed E-state index contributed by atoms with van der Waals surface area (Å²) >= 11 is 0. The quantitative estimate of drug-likeness (QED) is 0.690. The van der Waals surface area contributed by atoms with Crippen LogP contribution in [0.1, 0.15) is 19.3 Å². The summed E-state index contributed by atoms with van der Waals surface area (Å²) in [6, 6.07) is 10.4. The summed E-state index contributed by atoms with van der Waals surface area (Å²) < 4.78 is 5.95. The molecule has 3 atom stereocenters. The molecule has 0 aliphatic carbocycles. The van der Waals surface area contributed by atoms with Crippen molar-refractivity contribution < 1.29 is 4.74 Å². The highest BCUT2D eigenvalue weighted by atomic mass is 16.5. The third-order valence-corrected chi connectivity index (χ3v) is 5.09. The molecular formula is C18H19N5O. The summed E-state index contributed by atoms with van der Waals surface area (Å²) in [7, 11) is 0. The lowest BCUT2D eigenvalue weighted by molar-refractivity contribution is 0.102. The standard InChI is InChI=1S/C18H19N5O/c19-18-9-15(21-16-8-11-2-4-17(16)24-11)12-3-1-10(7-14(12)22-18)13-5-6-20-23-13/h1,3,5-7,9,11,16-17H,2,4,8H2,(H,20,23)(H3,19,21,22)/t11-,16+,17+/m0/s1. The fourth-order valence-electron chi connectivity index (χ4n) is 3.94. The maximum atomic E-state index is 6.04. The number of anilines is 2. The maximum absolute atomic E-state index is 6.04. The second kappa shape index (κ2) is 5.21. The van der Waals surface area contributed by atoms with Crippen molar-refractivity contribution in [1.29, 1.82) is 0 Å². The van der Waals surface area contributed by atoms with Crippen LogP contribution in [-0.4, -0.2) is 33.4 Å². The smallest absolute Gasteiger partial charge is 0.126 e. The molecule has 5 rings (SSSR count). The van der Waals surface area contributed by atoms with Crippen molar-refractivity contribution in [3.63, 3.8) is 0 Å². The number of fused-ring (bicyclic) bond motifs is 3. The Labute approximate surface area is 139 Å². The van der Waals surface area contributed by atoms with Gasteiger partial charge >= 0.3 is 0 Å². The molecule has 2 aliphatic rings. The van der Waals surface area contributed by atoms with Gasteiger partial charge in [0.15, 0.2) is 0 Å². The van der Waals surface area contributed by atoms with Gasteiger partial charge in [-0.25, -0.2) is 4.98 Å². The number of pyridine rings is 1. The van der Waals surface area contributed by atoms with Gasteiger partial charge in [0.25, 0.3) is 0 Å². The third kappa shape index (κ3) is 2.22. The van der Waals surface area contributed by atoms with E-state index in [-0.39, 0.29) is 0 Å². The number of ether oxygens (including phenoxy) is 1. The van der Waals surface area contributed by atoms with Gasteiger partial charge in [-0.3, -0.25) is 5.10 Å². The Morgan fingerprint density at radius 1 is 1.21 bits per heavy atom. The van der Waals surface area contributed by atoms with Gasteiger partial charge in [-0.15, -0.1) is 0 Å². The fraction of sp³-hybridized carbons (Fsp3) is 0.333. The van der Waals surface area contributed by atoms with Crippen molar-refractivity contribution in [1.82, 2.24) is 15.2 Å². The van der Waals surface area contributed by atoms with Crippen LogP contribution >= 0.6 is 0 Å². The van der Waals surface area contributed by atoms with E-state index >= 15 is 0 Å². The van der Waals surface area contributed by atoms with Crippen molar-refractivity contribution in [2.24, 2.45) is 0 Å². The van der Waals surface area contributed by atoms with Crippen LogP contribution in [-0.2, 0) is 4.74 Å². The van der Waals surface area contributed by atoms with E-state index in [1.807, 2.05) is 18.2 Å². The molecule has 24 heavy (non-hydrogen) atoms. The number of hydrogen-bond donors (Lipinski definition) is 3. The number of aromatic nitrogens is 3. The van der Waals surface area contributed by atoms with Crippen LogP contribution in [0.5, 0.6) is 0 Å². The number of nitrogens with two attached hydrogens (primary N) is 1. The largest absolute Gasteiger partial charge is 0.384 e. The van der Waals surface area contributed by atoms with Crippen molar-refractivity contribution in [2.45, 2.75) is 37.5 Å². The summed E-state index contributed by atoms with van der Waals surface area (Å²) in [4.78, 5) is 4.50. The summed E-state index contributed by atoms with van der Waals surface area (Å²) in [5.74, 6) is 0.524. The maximum Gasteiger partial charge on any atom is 0.126 e. The van der Waals surface area contributed by atoms with Gasteiger partial charge in [-0.05, 0) is 31.4 Å². The van der Waals surface area contributed by atoms with Crippen LogP contribution < -0.4 is 11.1 Å². The molecule has 122 valence electrons. The SMILES string of the molecule is Nc1cc(N[C@@H]2C[C@@H]3CC[C@H]2O3)c2ccc(-c3ccn[nH]3)cc2n1. The van der Waals surface area contributed by atoms with E-state index in [4.69, 9.17) is 10.5 Å². The number of benzene rings is 1. The van der Waals surface area contributed by atoms with Gasteiger partial charge in [0, 0.05) is 28.9 Å². The second-order valence-corrected chi connectivity index (χ2v) is 6.66. The molecule has 1 aromatic carbocycles. The number of H-pyrrole nitrogens is 1. The molecule has 4 N–H and O–H groups in total. The molecular weight excluding hydrogens is 302 g/mol. The molecule has 6 nitrogen and oxygen atoms in total. The Morgan fingerprint density at radius 2 is 2.17 bits per heavy atom. The Balaban J connectivity index is 1.53. The van der Waals surface area contributed by atoms with Crippen molar-refractivity contribution in [3.05, 3.63) is 36.5 Å². The Kier molecular flexibility index (Phi) is 2.99. The van der Waals surface area contributed by atoms with E-state index in [0.717, 1.165) is 40.7 Å². The normalized spacial score (nSPS) is 25.4. The van der Waals surface area contributed by atoms with E-state index in [1.54, 1.807) is 6.20 Å². The highest BCUT2D eigenvalue weighted by molar-refractivity contribution is 5.95. The van der Waals surface area contributed by atoms with Crippen LogP contribution in [0, 0.1) is 0 Å². The summed E-state index contributed by atoms with van der Waals surface area (Å²) in [5, 5.41) is 11.7. The van der Waals surface area contributed by atoms with E-state index in [9.17, 15) is 0 Å². The zero-order valence-electron chi connectivity index (χ0n) is 13.2. The van der Waals surface area contributed by atoms with Crippen molar-refractivity contribution in [3.8, 4) is 11.3 Å². The van der Waals surface area contributed by atoms with Crippen LogP contribution in [0.4, 0.5) is 11.5 Å². The van der Waals surface area contributed by atoms with Crippen LogP contribution in [0.25, 0.3) is 22.2 Å². The van der Waals surface area contributed by atoms with Gasteiger partial charge in [-0.2, -0.15) is 5.10 Å². The second-order valence-electron chi connectivity index (χ2n) is 6.66. The first-order chi connectivity index (χ1) is 11.8. The number of aromatic amines is 1. The molecule has 4 heterocycles. The molecule has 2 aliphatic heterocycles.